The van der Waals surface area contributed by atoms with E-state index in [-0.39, 0.29) is 11.3 Å². The van der Waals surface area contributed by atoms with E-state index in [4.69, 9.17) is 0 Å². The molecule has 2 aromatic carbocycles. The molecule has 0 radical (unpaired) electrons. The Labute approximate surface area is 151 Å². The van der Waals surface area contributed by atoms with Crippen molar-refractivity contribution in [2.24, 2.45) is 0 Å². The Morgan fingerprint density at radius 1 is 1.00 bits per heavy atom. The molecule has 1 amide bonds. The van der Waals surface area contributed by atoms with Gasteiger partial charge in [-0.2, -0.15) is 0 Å². The van der Waals surface area contributed by atoms with E-state index in [9.17, 15) is 4.79 Å². The van der Waals surface area contributed by atoms with Gasteiger partial charge in [0.25, 0.3) is 5.91 Å². The molecule has 1 N–H and O–H groups in total. The molecule has 0 bridgehead atoms. The van der Waals surface area contributed by atoms with E-state index in [1.807, 2.05) is 42.5 Å². The third-order valence-electron chi connectivity index (χ3n) is 3.90. The summed E-state index contributed by atoms with van der Waals surface area (Å²) in [4.78, 5) is 12.4. The van der Waals surface area contributed by atoms with Crippen molar-refractivity contribution in [2.45, 2.75) is 32.6 Å². The fraction of sp³-hybridized carbons (Fsp3) is 0.250. The number of carbonyl (C=O) groups is 1. The minimum absolute atomic E-state index is 0.0700. The van der Waals surface area contributed by atoms with Gasteiger partial charge in [0, 0.05) is 12.0 Å². The van der Waals surface area contributed by atoms with Gasteiger partial charge in [0.15, 0.2) is 0 Å². The molecule has 25 heavy (non-hydrogen) atoms. The molecule has 0 fully saturated rings. The molecule has 0 saturated carbocycles. The van der Waals surface area contributed by atoms with E-state index >= 15 is 0 Å². The standard InChI is InChI=1S/C20H21N3OS/c1-20(2,3)16-11-9-15(10-12-16)18(24)21-19-23-22-17(25-19)13-14-7-5-4-6-8-14/h4-12H,13H2,1-3H3,(H,21,23,24). The molecule has 0 unspecified atom stereocenters. The van der Waals surface area contributed by atoms with Crippen LogP contribution in [0.1, 0.15) is 47.3 Å². The number of amides is 1. The van der Waals surface area contributed by atoms with Gasteiger partial charge in [0.05, 0.1) is 0 Å². The first-order valence-electron chi connectivity index (χ1n) is 8.20. The highest BCUT2D eigenvalue weighted by Crippen LogP contribution is 2.23. The summed E-state index contributed by atoms with van der Waals surface area (Å²) < 4.78 is 0. The van der Waals surface area contributed by atoms with Crippen molar-refractivity contribution in [2.75, 3.05) is 5.32 Å². The Balaban J connectivity index is 1.65. The number of nitrogens with zero attached hydrogens (tertiary/aromatic N) is 2. The van der Waals surface area contributed by atoms with E-state index in [2.05, 4.69) is 48.4 Å². The molecule has 4 nitrogen and oxygen atoms in total. The molecular formula is C20H21N3OS. The van der Waals surface area contributed by atoms with Crippen molar-refractivity contribution >= 4 is 22.4 Å². The number of hydrogen-bond acceptors (Lipinski definition) is 4. The summed E-state index contributed by atoms with van der Waals surface area (Å²) >= 11 is 1.40. The molecule has 0 aliphatic heterocycles. The van der Waals surface area contributed by atoms with Gasteiger partial charge < -0.3 is 0 Å². The van der Waals surface area contributed by atoms with E-state index in [1.165, 1.54) is 22.5 Å². The monoisotopic (exact) mass is 351 g/mol. The maximum atomic E-state index is 12.4. The Hall–Kier alpha value is -2.53. The highest BCUT2D eigenvalue weighted by atomic mass is 32.1. The number of rotatable bonds is 4. The van der Waals surface area contributed by atoms with Crippen LogP contribution >= 0.6 is 11.3 Å². The maximum Gasteiger partial charge on any atom is 0.257 e. The minimum Gasteiger partial charge on any atom is -0.296 e. The highest BCUT2D eigenvalue weighted by molar-refractivity contribution is 7.15. The van der Waals surface area contributed by atoms with Gasteiger partial charge in [-0.15, -0.1) is 10.2 Å². The van der Waals surface area contributed by atoms with Crippen LogP contribution in [0.4, 0.5) is 5.13 Å². The van der Waals surface area contributed by atoms with Crippen LogP contribution in [0, 0.1) is 0 Å². The smallest absolute Gasteiger partial charge is 0.257 e. The fourth-order valence-corrected chi connectivity index (χ4v) is 3.21. The van der Waals surface area contributed by atoms with Crippen molar-refractivity contribution in [3.8, 4) is 0 Å². The zero-order valence-corrected chi connectivity index (χ0v) is 15.4. The van der Waals surface area contributed by atoms with Crippen LogP contribution in [0.3, 0.4) is 0 Å². The van der Waals surface area contributed by atoms with Crippen molar-refractivity contribution < 1.29 is 4.79 Å². The molecule has 3 rings (SSSR count). The summed E-state index contributed by atoms with van der Waals surface area (Å²) in [6, 6.07) is 17.8. The van der Waals surface area contributed by atoms with Crippen LogP contribution in [-0.4, -0.2) is 16.1 Å². The van der Waals surface area contributed by atoms with Gasteiger partial charge in [0.2, 0.25) is 5.13 Å². The second-order valence-corrected chi connectivity index (χ2v) is 8.01. The Bertz CT molecular complexity index is 849. The lowest BCUT2D eigenvalue weighted by Gasteiger charge is -2.18. The van der Waals surface area contributed by atoms with Crippen molar-refractivity contribution in [3.05, 3.63) is 76.3 Å². The van der Waals surface area contributed by atoms with Crippen molar-refractivity contribution in [1.29, 1.82) is 0 Å². The van der Waals surface area contributed by atoms with E-state index in [1.54, 1.807) is 0 Å². The Morgan fingerprint density at radius 3 is 2.32 bits per heavy atom. The first kappa shape index (κ1) is 17.3. The second kappa shape index (κ2) is 7.15. The summed E-state index contributed by atoms with van der Waals surface area (Å²) in [6.07, 6.45) is 0.717. The number of aromatic nitrogens is 2. The summed E-state index contributed by atoms with van der Waals surface area (Å²) in [5.74, 6) is -0.164. The normalized spacial score (nSPS) is 11.3. The maximum absolute atomic E-state index is 12.4. The molecule has 0 aliphatic carbocycles. The Morgan fingerprint density at radius 2 is 1.68 bits per heavy atom. The molecular weight excluding hydrogens is 330 g/mol. The molecule has 0 aliphatic rings. The molecule has 0 spiro atoms. The van der Waals surface area contributed by atoms with Crippen LogP contribution in [0.5, 0.6) is 0 Å². The van der Waals surface area contributed by atoms with E-state index < -0.39 is 0 Å². The number of anilines is 1. The highest BCUT2D eigenvalue weighted by Gasteiger charge is 2.15. The topological polar surface area (TPSA) is 54.9 Å². The van der Waals surface area contributed by atoms with Crippen LogP contribution in [0.25, 0.3) is 0 Å². The SMILES string of the molecule is CC(C)(C)c1ccc(C(=O)Nc2nnc(Cc3ccccc3)s2)cc1. The van der Waals surface area contributed by atoms with Crippen molar-refractivity contribution in [1.82, 2.24) is 10.2 Å². The van der Waals surface area contributed by atoms with E-state index in [0.29, 0.717) is 17.1 Å². The average Bonchev–Trinajstić information content (AvgIpc) is 3.02. The predicted molar refractivity (Wildman–Crippen MR) is 102 cm³/mol. The summed E-state index contributed by atoms with van der Waals surface area (Å²) in [6.45, 7) is 6.45. The van der Waals surface area contributed by atoms with Gasteiger partial charge in [-0.3, -0.25) is 10.1 Å². The molecule has 0 atom stereocenters. The largest absolute Gasteiger partial charge is 0.296 e. The summed E-state index contributed by atoms with van der Waals surface area (Å²) in [7, 11) is 0. The number of nitrogens with one attached hydrogen (secondary N) is 1. The Kier molecular flexibility index (Phi) is 4.95. The lowest BCUT2D eigenvalue weighted by atomic mass is 9.87. The first-order valence-corrected chi connectivity index (χ1v) is 9.02. The zero-order valence-electron chi connectivity index (χ0n) is 14.6. The molecule has 1 aromatic heterocycles. The van der Waals surface area contributed by atoms with Gasteiger partial charge >= 0.3 is 0 Å². The molecule has 5 heteroatoms. The van der Waals surface area contributed by atoms with Gasteiger partial charge in [0.1, 0.15) is 5.01 Å². The third kappa shape index (κ3) is 4.51. The van der Waals surface area contributed by atoms with Gasteiger partial charge in [-0.25, -0.2) is 0 Å². The number of benzene rings is 2. The van der Waals surface area contributed by atoms with Crippen LogP contribution in [0.2, 0.25) is 0 Å². The fourth-order valence-electron chi connectivity index (χ4n) is 2.44. The van der Waals surface area contributed by atoms with Gasteiger partial charge in [-0.1, -0.05) is 74.6 Å². The second-order valence-electron chi connectivity index (χ2n) is 6.94. The van der Waals surface area contributed by atoms with Crippen molar-refractivity contribution in [3.63, 3.8) is 0 Å². The number of hydrogen-bond donors (Lipinski definition) is 1. The third-order valence-corrected chi connectivity index (χ3v) is 4.74. The summed E-state index contributed by atoms with van der Waals surface area (Å²) in [5, 5.41) is 12.5. The molecule has 128 valence electrons. The predicted octanol–water partition coefficient (Wildman–Crippen LogP) is 4.68. The minimum atomic E-state index is -0.164. The van der Waals surface area contributed by atoms with Crippen LogP contribution < -0.4 is 5.32 Å². The van der Waals surface area contributed by atoms with Crippen LogP contribution in [-0.2, 0) is 11.8 Å². The van der Waals surface area contributed by atoms with Gasteiger partial charge in [-0.05, 0) is 28.7 Å². The average molecular weight is 351 g/mol. The van der Waals surface area contributed by atoms with E-state index in [0.717, 1.165) is 5.01 Å². The zero-order chi connectivity index (χ0) is 17.9. The lowest BCUT2D eigenvalue weighted by molar-refractivity contribution is 0.102. The van der Waals surface area contributed by atoms with Crippen LogP contribution in [0.15, 0.2) is 54.6 Å². The molecule has 3 aromatic rings. The lowest BCUT2D eigenvalue weighted by Crippen LogP contribution is -2.14. The quantitative estimate of drug-likeness (QED) is 0.742. The molecule has 1 heterocycles. The number of carbonyl (C=O) groups excluding carboxylic acids is 1. The molecule has 0 saturated heterocycles. The first-order chi connectivity index (χ1) is 11.9. The summed E-state index contributed by atoms with van der Waals surface area (Å²) in [5.41, 5.74) is 3.06.